The minimum absolute atomic E-state index is 0.715. The molecule has 3 rings (SSSR count). The van der Waals surface area contributed by atoms with Crippen LogP contribution in [0.1, 0.15) is 16.8 Å². The topological polar surface area (TPSA) is 54.2 Å². The van der Waals surface area contributed by atoms with Crippen LogP contribution in [-0.2, 0) is 13.1 Å². The van der Waals surface area contributed by atoms with Crippen molar-refractivity contribution in [3.63, 3.8) is 0 Å². The molecule has 3 aromatic rings. The zero-order valence-electron chi connectivity index (χ0n) is 14.7. The number of hydrogen-bond acceptors (Lipinski definition) is 4. The fourth-order valence-electron chi connectivity index (χ4n) is 2.77. The number of anilines is 3. The molecule has 0 radical (unpaired) electrons. The summed E-state index contributed by atoms with van der Waals surface area (Å²) in [4.78, 5) is 6.93. The maximum absolute atomic E-state index is 6.07. The normalized spacial score (nSPS) is 10.8. The molecule has 0 spiro atoms. The maximum atomic E-state index is 6.07. The lowest BCUT2D eigenvalue weighted by molar-refractivity contribution is 0.315. The number of nitrogens with one attached hydrogen (secondary N) is 1. The smallest absolute Gasteiger partial charge is 0.132 e. The molecule has 0 unspecified atom stereocenters. The van der Waals surface area contributed by atoms with Crippen molar-refractivity contribution in [3.05, 3.63) is 83.6 Å². The summed E-state index contributed by atoms with van der Waals surface area (Å²) in [5, 5.41) is 3.33. The monoisotopic (exact) mass is 332 g/mol. The Kier molecular flexibility index (Phi) is 5.31. The number of rotatable bonds is 6. The molecule has 0 amide bonds. The fourth-order valence-corrected chi connectivity index (χ4v) is 2.77. The lowest BCUT2D eigenvalue weighted by Crippen LogP contribution is -2.18. The van der Waals surface area contributed by atoms with E-state index in [0.717, 1.165) is 30.3 Å². The minimum atomic E-state index is 0.715. The Morgan fingerprint density at radius 3 is 2.40 bits per heavy atom. The molecule has 4 heteroatoms. The Labute approximate surface area is 149 Å². The molecule has 4 nitrogen and oxygen atoms in total. The lowest BCUT2D eigenvalue weighted by Gasteiger charge is -2.17. The Morgan fingerprint density at radius 2 is 1.68 bits per heavy atom. The maximum Gasteiger partial charge on any atom is 0.132 e. The van der Waals surface area contributed by atoms with E-state index in [9.17, 15) is 0 Å². The van der Waals surface area contributed by atoms with Gasteiger partial charge in [0.15, 0.2) is 0 Å². The number of nitrogen functional groups attached to an aromatic ring is 1. The summed E-state index contributed by atoms with van der Waals surface area (Å²) >= 11 is 0. The fraction of sp³-hybridized carbons (Fsp3) is 0.190. The number of benzene rings is 2. The van der Waals surface area contributed by atoms with Gasteiger partial charge in [0, 0.05) is 30.5 Å². The second-order valence-electron chi connectivity index (χ2n) is 6.43. The molecule has 1 heterocycles. The summed E-state index contributed by atoms with van der Waals surface area (Å²) in [5.41, 5.74) is 11.3. The van der Waals surface area contributed by atoms with E-state index in [2.05, 4.69) is 60.6 Å². The number of nitrogens with zero attached hydrogens (tertiary/aromatic N) is 2. The van der Waals surface area contributed by atoms with Crippen molar-refractivity contribution >= 4 is 17.2 Å². The van der Waals surface area contributed by atoms with Crippen LogP contribution >= 0.6 is 0 Å². The minimum Gasteiger partial charge on any atom is -0.399 e. The second-order valence-corrected chi connectivity index (χ2v) is 6.43. The molecular weight excluding hydrogens is 308 g/mol. The summed E-state index contributed by atoms with van der Waals surface area (Å²) in [7, 11) is 2.09. The quantitative estimate of drug-likeness (QED) is 0.705. The van der Waals surface area contributed by atoms with Crippen molar-refractivity contribution in [2.45, 2.75) is 20.0 Å². The van der Waals surface area contributed by atoms with Crippen molar-refractivity contribution in [1.29, 1.82) is 0 Å². The molecule has 0 saturated heterocycles. The van der Waals surface area contributed by atoms with Crippen molar-refractivity contribution in [3.8, 4) is 0 Å². The average Bonchev–Trinajstić information content (AvgIpc) is 2.57. The van der Waals surface area contributed by atoms with Crippen LogP contribution in [-0.4, -0.2) is 16.9 Å². The van der Waals surface area contributed by atoms with Gasteiger partial charge in [-0.25, -0.2) is 4.98 Å². The van der Waals surface area contributed by atoms with Crippen molar-refractivity contribution in [1.82, 2.24) is 9.88 Å². The molecule has 2 aromatic carbocycles. The Hall–Kier alpha value is -2.85. The average molecular weight is 332 g/mol. The summed E-state index contributed by atoms with van der Waals surface area (Å²) in [6, 6.07) is 22.4. The van der Waals surface area contributed by atoms with E-state index in [4.69, 9.17) is 10.7 Å². The third-order valence-corrected chi connectivity index (χ3v) is 3.95. The van der Waals surface area contributed by atoms with E-state index in [1.54, 1.807) is 0 Å². The van der Waals surface area contributed by atoms with Gasteiger partial charge in [0.2, 0.25) is 0 Å². The number of pyridine rings is 1. The van der Waals surface area contributed by atoms with E-state index in [1.165, 1.54) is 11.1 Å². The van der Waals surface area contributed by atoms with E-state index in [0.29, 0.717) is 5.69 Å². The second kappa shape index (κ2) is 7.81. The van der Waals surface area contributed by atoms with Crippen LogP contribution in [0.4, 0.5) is 17.2 Å². The summed E-state index contributed by atoms with van der Waals surface area (Å²) in [6.45, 7) is 3.68. The van der Waals surface area contributed by atoms with Gasteiger partial charge in [-0.1, -0.05) is 48.0 Å². The predicted molar refractivity (Wildman–Crippen MR) is 105 cm³/mol. The number of nitrogens with two attached hydrogens (primary N) is 1. The molecule has 0 aliphatic rings. The molecule has 3 N–H and O–H groups in total. The molecule has 0 atom stereocenters. The first-order chi connectivity index (χ1) is 12.1. The van der Waals surface area contributed by atoms with Crippen LogP contribution in [0, 0.1) is 6.92 Å². The first-order valence-corrected chi connectivity index (χ1v) is 8.41. The molecule has 0 aliphatic carbocycles. The van der Waals surface area contributed by atoms with E-state index in [-0.39, 0.29) is 0 Å². The first kappa shape index (κ1) is 17.0. The van der Waals surface area contributed by atoms with Crippen molar-refractivity contribution in [2.24, 2.45) is 0 Å². The Morgan fingerprint density at radius 1 is 0.960 bits per heavy atom. The van der Waals surface area contributed by atoms with Crippen LogP contribution < -0.4 is 11.1 Å². The van der Waals surface area contributed by atoms with Gasteiger partial charge in [-0.3, -0.25) is 4.90 Å². The molecule has 0 fully saturated rings. The van der Waals surface area contributed by atoms with Crippen LogP contribution in [0.3, 0.4) is 0 Å². The van der Waals surface area contributed by atoms with Crippen molar-refractivity contribution < 1.29 is 0 Å². The molecule has 25 heavy (non-hydrogen) atoms. The SMILES string of the molecule is Cc1ccc(Nc2cc(N)cc(CN(C)Cc3ccccc3)n2)cc1. The molecule has 0 aliphatic heterocycles. The largest absolute Gasteiger partial charge is 0.399 e. The lowest BCUT2D eigenvalue weighted by atomic mass is 10.2. The molecular formula is C21H24N4. The number of aromatic nitrogens is 1. The van der Waals surface area contributed by atoms with Gasteiger partial charge >= 0.3 is 0 Å². The van der Waals surface area contributed by atoms with E-state index in [1.807, 2.05) is 30.3 Å². The molecule has 0 saturated carbocycles. The van der Waals surface area contributed by atoms with Gasteiger partial charge in [0.05, 0.1) is 5.69 Å². The molecule has 1 aromatic heterocycles. The predicted octanol–water partition coefficient (Wildman–Crippen LogP) is 4.35. The molecule has 128 valence electrons. The van der Waals surface area contributed by atoms with Crippen LogP contribution in [0.15, 0.2) is 66.7 Å². The molecule has 0 bridgehead atoms. The first-order valence-electron chi connectivity index (χ1n) is 8.41. The van der Waals surface area contributed by atoms with Gasteiger partial charge in [0.1, 0.15) is 5.82 Å². The number of hydrogen-bond donors (Lipinski definition) is 2. The zero-order valence-corrected chi connectivity index (χ0v) is 14.7. The number of aryl methyl sites for hydroxylation is 1. The zero-order chi connectivity index (χ0) is 17.6. The highest BCUT2D eigenvalue weighted by Gasteiger charge is 2.06. The highest BCUT2D eigenvalue weighted by atomic mass is 15.1. The van der Waals surface area contributed by atoms with Gasteiger partial charge in [-0.05, 0) is 37.7 Å². The Balaban J connectivity index is 1.69. The van der Waals surface area contributed by atoms with Crippen LogP contribution in [0.2, 0.25) is 0 Å². The van der Waals surface area contributed by atoms with Crippen LogP contribution in [0.25, 0.3) is 0 Å². The summed E-state index contributed by atoms with van der Waals surface area (Å²) in [5.74, 6) is 0.770. The van der Waals surface area contributed by atoms with Gasteiger partial charge < -0.3 is 11.1 Å². The van der Waals surface area contributed by atoms with Gasteiger partial charge in [0.25, 0.3) is 0 Å². The standard InChI is InChI=1S/C21H24N4/c1-16-8-10-19(11-9-16)23-21-13-18(22)12-20(24-21)15-25(2)14-17-6-4-3-5-7-17/h3-13H,14-15H2,1-2H3,(H3,22,23,24). The van der Waals surface area contributed by atoms with Gasteiger partial charge in [-0.15, -0.1) is 0 Å². The highest BCUT2D eigenvalue weighted by Crippen LogP contribution is 2.19. The van der Waals surface area contributed by atoms with Gasteiger partial charge in [-0.2, -0.15) is 0 Å². The Bertz CT molecular complexity index is 813. The highest BCUT2D eigenvalue weighted by molar-refractivity contribution is 5.60. The van der Waals surface area contributed by atoms with Crippen LogP contribution in [0.5, 0.6) is 0 Å². The van der Waals surface area contributed by atoms with E-state index >= 15 is 0 Å². The third kappa shape index (κ3) is 5.06. The van der Waals surface area contributed by atoms with Crippen molar-refractivity contribution in [2.75, 3.05) is 18.1 Å². The summed E-state index contributed by atoms with van der Waals surface area (Å²) in [6.07, 6.45) is 0. The van der Waals surface area contributed by atoms with E-state index < -0.39 is 0 Å². The summed E-state index contributed by atoms with van der Waals surface area (Å²) < 4.78 is 0. The third-order valence-electron chi connectivity index (χ3n) is 3.95.